The van der Waals surface area contributed by atoms with Gasteiger partial charge in [-0.3, -0.25) is 0 Å². The first-order valence-electron chi connectivity index (χ1n) is 4.87. The van der Waals surface area contributed by atoms with E-state index in [1.807, 2.05) is 11.6 Å². The number of nitrogens with zero attached hydrogens (tertiary/aromatic N) is 2. The van der Waals surface area contributed by atoms with Crippen LogP contribution in [0.25, 0.3) is 0 Å². The molecule has 0 atom stereocenters. The minimum atomic E-state index is -2.78. The second kappa shape index (κ2) is 3.90. The molecule has 84 valence electrons. The van der Waals surface area contributed by atoms with Crippen LogP contribution in [0, 0.1) is 0 Å². The Bertz CT molecular complexity index is 452. The molecule has 1 aromatic heterocycles. The lowest BCUT2D eigenvalue weighted by Gasteiger charge is -2.21. The third-order valence-electron chi connectivity index (χ3n) is 2.89. The molecule has 2 heterocycles. The molecule has 0 N–H and O–H groups in total. The Morgan fingerprint density at radius 1 is 1.47 bits per heavy atom. The summed E-state index contributed by atoms with van der Waals surface area (Å²) < 4.78 is 25.5. The fourth-order valence-corrected chi connectivity index (χ4v) is 3.70. The molecule has 0 amide bonds. The molecule has 6 heteroatoms. The van der Waals surface area contributed by atoms with Crippen LogP contribution in [0.3, 0.4) is 0 Å². The molecule has 0 aliphatic carbocycles. The van der Waals surface area contributed by atoms with Crippen LogP contribution >= 0.6 is 15.9 Å². The van der Waals surface area contributed by atoms with Gasteiger partial charge in [0, 0.05) is 13.0 Å². The summed E-state index contributed by atoms with van der Waals surface area (Å²) in [6.07, 6.45) is 3.15. The zero-order chi connectivity index (χ0) is 11.1. The Kier molecular flexibility index (Phi) is 2.89. The number of halogens is 1. The van der Waals surface area contributed by atoms with Crippen LogP contribution in [-0.2, 0) is 16.9 Å². The van der Waals surface area contributed by atoms with Crippen LogP contribution in [0.4, 0.5) is 0 Å². The second-order valence-corrected chi connectivity index (χ2v) is 7.04. The largest absolute Gasteiger partial charge is 0.326 e. The van der Waals surface area contributed by atoms with Crippen molar-refractivity contribution in [2.45, 2.75) is 18.8 Å². The molecular formula is C9H13BrN2O2S. The minimum absolute atomic E-state index is 0.282. The molecular weight excluding hydrogens is 280 g/mol. The lowest BCUT2D eigenvalue weighted by Crippen LogP contribution is -2.23. The smallest absolute Gasteiger partial charge is 0.150 e. The molecule has 1 aliphatic heterocycles. The summed E-state index contributed by atoms with van der Waals surface area (Å²) in [5.74, 6) is 1.85. The van der Waals surface area contributed by atoms with E-state index in [1.54, 1.807) is 6.20 Å². The van der Waals surface area contributed by atoms with Crippen LogP contribution in [0.2, 0.25) is 0 Å². The van der Waals surface area contributed by atoms with Gasteiger partial charge in [-0.05, 0) is 28.8 Å². The molecule has 0 unspecified atom stereocenters. The normalized spacial score (nSPS) is 21.7. The minimum Gasteiger partial charge on any atom is -0.326 e. The van der Waals surface area contributed by atoms with Crippen molar-refractivity contribution < 1.29 is 8.42 Å². The summed E-state index contributed by atoms with van der Waals surface area (Å²) >= 11 is 3.39. The van der Waals surface area contributed by atoms with Gasteiger partial charge < -0.3 is 4.57 Å². The van der Waals surface area contributed by atoms with Crippen molar-refractivity contribution in [1.29, 1.82) is 0 Å². The molecule has 4 nitrogen and oxygen atoms in total. The van der Waals surface area contributed by atoms with Crippen LogP contribution in [0.5, 0.6) is 0 Å². The van der Waals surface area contributed by atoms with Gasteiger partial charge in [-0.25, -0.2) is 13.4 Å². The maximum Gasteiger partial charge on any atom is 0.150 e. The van der Waals surface area contributed by atoms with Crippen LogP contribution in [0.1, 0.15) is 24.6 Å². The van der Waals surface area contributed by atoms with Crippen molar-refractivity contribution in [1.82, 2.24) is 9.55 Å². The lowest BCUT2D eigenvalue weighted by molar-refractivity contribution is 0.526. The van der Waals surface area contributed by atoms with Crippen molar-refractivity contribution in [2.24, 2.45) is 7.05 Å². The molecule has 0 bridgehead atoms. The summed E-state index contributed by atoms with van der Waals surface area (Å²) in [4.78, 5) is 4.31. The third-order valence-corrected chi connectivity index (χ3v) is 5.34. The zero-order valence-electron chi connectivity index (χ0n) is 8.48. The van der Waals surface area contributed by atoms with Gasteiger partial charge in [0.25, 0.3) is 0 Å². The number of rotatable bonds is 1. The first-order chi connectivity index (χ1) is 6.99. The molecule has 0 radical (unpaired) electrons. The van der Waals surface area contributed by atoms with Crippen LogP contribution < -0.4 is 0 Å². The first-order valence-corrected chi connectivity index (χ1v) is 7.48. The molecule has 2 rings (SSSR count). The Balaban J connectivity index is 2.18. The van der Waals surface area contributed by atoms with Gasteiger partial charge in [-0.1, -0.05) is 0 Å². The van der Waals surface area contributed by atoms with E-state index in [0.717, 1.165) is 10.4 Å². The Morgan fingerprint density at radius 2 is 2.07 bits per heavy atom. The Labute approximate surface area is 97.7 Å². The molecule has 0 aromatic carbocycles. The lowest BCUT2D eigenvalue weighted by atomic mass is 10.0. The standard InChI is InChI=1S/C9H13BrN2O2S/c1-12-8(10)6-11-9(12)7-2-4-15(13,14)5-3-7/h6-7H,2-5H2,1H3. The first kappa shape index (κ1) is 11.1. The SMILES string of the molecule is Cn1c(Br)cnc1C1CCS(=O)(=O)CC1. The van der Waals surface area contributed by atoms with E-state index in [2.05, 4.69) is 20.9 Å². The van der Waals surface area contributed by atoms with Gasteiger partial charge >= 0.3 is 0 Å². The Hall–Kier alpha value is -0.360. The average Bonchev–Trinajstić information content (AvgIpc) is 2.49. The maximum atomic E-state index is 11.3. The van der Waals surface area contributed by atoms with E-state index >= 15 is 0 Å². The fraction of sp³-hybridized carbons (Fsp3) is 0.667. The number of hydrogen-bond donors (Lipinski definition) is 0. The quantitative estimate of drug-likeness (QED) is 0.788. The maximum absolute atomic E-state index is 11.3. The summed E-state index contributed by atoms with van der Waals surface area (Å²) in [7, 11) is -0.838. The number of imidazole rings is 1. The number of sulfone groups is 1. The van der Waals surface area contributed by atoms with Crippen LogP contribution in [-0.4, -0.2) is 29.5 Å². The van der Waals surface area contributed by atoms with Gasteiger partial charge in [0.1, 0.15) is 20.3 Å². The highest BCUT2D eigenvalue weighted by atomic mass is 79.9. The fourth-order valence-electron chi connectivity index (χ4n) is 1.93. The molecule has 15 heavy (non-hydrogen) atoms. The zero-order valence-corrected chi connectivity index (χ0v) is 10.9. The highest BCUT2D eigenvalue weighted by Crippen LogP contribution is 2.29. The van der Waals surface area contributed by atoms with E-state index in [9.17, 15) is 8.42 Å². The van der Waals surface area contributed by atoms with E-state index < -0.39 is 9.84 Å². The molecule has 1 saturated heterocycles. The van der Waals surface area contributed by atoms with Crippen molar-refractivity contribution in [2.75, 3.05) is 11.5 Å². The molecule has 1 aliphatic rings. The molecule has 0 spiro atoms. The van der Waals surface area contributed by atoms with Crippen molar-refractivity contribution in [3.8, 4) is 0 Å². The monoisotopic (exact) mass is 292 g/mol. The van der Waals surface area contributed by atoms with Gasteiger partial charge in [-0.2, -0.15) is 0 Å². The van der Waals surface area contributed by atoms with Crippen molar-refractivity contribution in [3.05, 3.63) is 16.6 Å². The van der Waals surface area contributed by atoms with Gasteiger partial charge in [-0.15, -0.1) is 0 Å². The topological polar surface area (TPSA) is 52.0 Å². The predicted molar refractivity (Wildman–Crippen MR) is 61.5 cm³/mol. The molecule has 1 aromatic rings. The van der Waals surface area contributed by atoms with E-state index in [4.69, 9.17) is 0 Å². The second-order valence-electron chi connectivity index (χ2n) is 3.92. The van der Waals surface area contributed by atoms with Gasteiger partial charge in [0.15, 0.2) is 0 Å². The Morgan fingerprint density at radius 3 is 2.53 bits per heavy atom. The molecule has 0 saturated carbocycles. The third kappa shape index (κ3) is 2.25. The van der Waals surface area contributed by atoms with E-state index in [1.165, 1.54) is 0 Å². The summed E-state index contributed by atoms with van der Waals surface area (Å²) in [6.45, 7) is 0. The van der Waals surface area contributed by atoms with Crippen LogP contribution in [0.15, 0.2) is 10.8 Å². The summed E-state index contributed by atoms with van der Waals surface area (Å²) in [5.41, 5.74) is 0. The number of hydrogen-bond acceptors (Lipinski definition) is 3. The van der Waals surface area contributed by atoms with Crippen molar-refractivity contribution in [3.63, 3.8) is 0 Å². The van der Waals surface area contributed by atoms with Crippen molar-refractivity contribution >= 4 is 25.8 Å². The highest BCUT2D eigenvalue weighted by molar-refractivity contribution is 9.10. The predicted octanol–water partition coefficient (Wildman–Crippen LogP) is 1.47. The summed E-state index contributed by atoms with van der Waals surface area (Å²) in [6, 6.07) is 0. The highest BCUT2D eigenvalue weighted by Gasteiger charge is 2.27. The number of aromatic nitrogens is 2. The average molecular weight is 293 g/mol. The van der Waals surface area contributed by atoms with Gasteiger partial charge in [0.2, 0.25) is 0 Å². The molecule has 1 fully saturated rings. The summed E-state index contributed by atoms with van der Waals surface area (Å²) in [5, 5.41) is 0. The van der Waals surface area contributed by atoms with E-state index in [0.29, 0.717) is 24.3 Å². The van der Waals surface area contributed by atoms with E-state index in [-0.39, 0.29) is 5.92 Å². The van der Waals surface area contributed by atoms with Gasteiger partial charge in [0.05, 0.1) is 17.7 Å².